The van der Waals surface area contributed by atoms with E-state index in [1.165, 1.54) is 0 Å². The van der Waals surface area contributed by atoms with Crippen LogP contribution < -0.4 is 0 Å². The Hall–Kier alpha value is -0.950. The Bertz CT molecular complexity index is 538. The fraction of sp³-hybridized carbons (Fsp3) is 0.842. The molecule has 7 unspecified atom stereocenters. The lowest BCUT2D eigenvalue weighted by Crippen LogP contribution is -2.55. The van der Waals surface area contributed by atoms with E-state index in [0.29, 0.717) is 49.8 Å². The molecule has 140 valence electrons. The maximum Gasteiger partial charge on any atom is 0.333 e. The van der Waals surface area contributed by atoms with Crippen LogP contribution in [0.1, 0.15) is 45.4 Å². The summed E-state index contributed by atoms with van der Waals surface area (Å²) in [4.78, 5) is 11.8. The number of ether oxygens (including phenoxy) is 4. The van der Waals surface area contributed by atoms with E-state index in [4.69, 9.17) is 18.9 Å². The van der Waals surface area contributed by atoms with Crippen molar-refractivity contribution in [1.29, 1.82) is 0 Å². The zero-order chi connectivity index (χ0) is 17.6. The first-order chi connectivity index (χ1) is 12.0. The van der Waals surface area contributed by atoms with Crippen LogP contribution in [0.4, 0.5) is 0 Å². The van der Waals surface area contributed by atoms with Crippen molar-refractivity contribution >= 4 is 5.97 Å². The summed E-state index contributed by atoms with van der Waals surface area (Å²) in [5, 5.41) is 10.2. The highest BCUT2D eigenvalue weighted by molar-refractivity contribution is 5.87. The molecular formula is C19H28O6. The van der Waals surface area contributed by atoms with Crippen LogP contribution in [0.15, 0.2) is 12.2 Å². The van der Waals surface area contributed by atoms with Crippen molar-refractivity contribution in [3.63, 3.8) is 0 Å². The molecule has 7 atom stereocenters. The fourth-order valence-corrected chi connectivity index (χ4v) is 4.47. The van der Waals surface area contributed by atoms with Gasteiger partial charge in [-0.3, -0.25) is 0 Å². The van der Waals surface area contributed by atoms with E-state index in [1.807, 2.05) is 0 Å². The van der Waals surface area contributed by atoms with Crippen molar-refractivity contribution in [3.8, 4) is 0 Å². The highest BCUT2D eigenvalue weighted by Gasteiger charge is 2.50. The van der Waals surface area contributed by atoms with Gasteiger partial charge in [-0.2, -0.15) is 0 Å². The van der Waals surface area contributed by atoms with Gasteiger partial charge in [0.05, 0.1) is 43.2 Å². The Kier molecular flexibility index (Phi) is 4.65. The number of rotatable bonds is 3. The largest absolute Gasteiger partial charge is 0.456 e. The second kappa shape index (κ2) is 6.65. The molecule has 25 heavy (non-hydrogen) atoms. The zero-order valence-corrected chi connectivity index (χ0v) is 14.8. The molecule has 0 radical (unpaired) electrons. The van der Waals surface area contributed by atoms with Gasteiger partial charge in [0.1, 0.15) is 6.10 Å². The van der Waals surface area contributed by atoms with Crippen molar-refractivity contribution in [2.24, 2.45) is 5.92 Å². The Morgan fingerprint density at radius 1 is 1.24 bits per heavy atom. The van der Waals surface area contributed by atoms with Gasteiger partial charge in [-0.15, -0.1) is 0 Å². The summed E-state index contributed by atoms with van der Waals surface area (Å²) in [6, 6.07) is 0. The first kappa shape index (κ1) is 17.5. The summed E-state index contributed by atoms with van der Waals surface area (Å²) in [7, 11) is 0. The molecule has 2 aliphatic carbocycles. The molecule has 2 saturated heterocycles. The maximum absolute atomic E-state index is 11.8. The molecule has 2 heterocycles. The molecule has 6 heteroatoms. The molecular weight excluding hydrogens is 324 g/mol. The van der Waals surface area contributed by atoms with Crippen molar-refractivity contribution in [3.05, 3.63) is 12.2 Å². The third-order valence-corrected chi connectivity index (χ3v) is 6.19. The number of aliphatic hydroxyl groups is 1. The van der Waals surface area contributed by atoms with E-state index in [1.54, 1.807) is 6.92 Å². The predicted molar refractivity (Wildman–Crippen MR) is 89.0 cm³/mol. The molecule has 4 aliphatic rings. The molecule has 0 aromatic rings. The third kappa shape index (κ3) is 3.63. The van der Waals surface area contributed by atoms with Gasteiger partial charge < -0.3 is 24.1 Å². The summed E-state index contributed by atoms with van der Waals surface area (Å²) in [6.45, 7) is 6.27. The molecule has 6 nitrogen and oxygen atoms in total. The van der Waals surface area contributed by atoms with E-state index in [-0.39, 0.29) is 6.10 Å². The molecule has 1 spiro atoms. The number of carbonyl (C=O) groups excluding carboxylic acids is 1. The smallest absolute Gasteiger partial charge is 0.333 e. The molecule has 0 aromatic heterocycles. The van der Waals surface area contributed by atoms with Crippen LogP contribution >= 0.6 is 0 Å². The Morgan fingerprint density at radius 3 is 2.76 bits per heavy atom. The maximum atomic E-state index is 11.8. The molecule has 0 bridgehead atoms. The molecule has 0 aromatic carbocycles. The Labute approximate surface area is 148 Å². The number of aliphatic hydroxyl groups excluding tert-OH is 1. The second-order valence-corrected chi connectivity index (χ2v) is 8.16. The number of hydrogen-bond donors (Lipinski definition) is 1. The lowest BCUT2D eigenvalue weighted by molar-refractivity contribution is -0.236. The van der Waals surface area contributed by atoms with Gasteiger partial charge in [0.2, 0.25) is 0 Å². The van der Waals surface area contributed by atoms with Crippen molar-refractivity contribution in [2.45, 2.75) is 81.6 Å². The highest BCUT2D eigenvalue weighted by atomic mass is 16.6. The number of carbonyl (C=O) groups is 1. The monoisotopic (exact) mass is 352 g/mol. The van der Waals surface area contributed by atoms with Crippen molar-refractivity contribution < 1.29 is 28.8 Å². The summed E-state index contributed by atoms with van der Waals surface area (Å²) in [6.07, 6.45) is 4.92. The molecule has 4 rings (SSSR count). The minimum Gasteiger partial charge on any atom is -0.456 e. The Morgan fingerprint density at radius 2 is 2.08 bits per heavy atom. The molecule has 0 amide bonds. The van der Waals surface area contributed by atoms with E-state index < -0.39 is 23.8 Å². The van der Waals surface area contributed by atoms with Crippen molar-refractivity contribution in [1.82, 2.24) is 0 Å². The number of esters is 1. The summed E-state index contributed by atoms with van der Waals surface area (Å²) >= 11 is 0. The Balaban J connectivity index is 1.33. The van der Waals surface area contributed by atoms with Crippen molar-refractivity contribution in [2.75, 3.05) is 13.2 Å². The van der Waals surface area contributed by atoms with E-state index in [2.05, 4.69) is 6.58 Å². The van der Waals surface area contributed by atoms with E-state index in [9.17, 15) is 9.90 Å². The van der Waals surface area contributed by atoms with Gasteiger partial charge in [-0.1, -0.05) is 6.58 Å². The third-order valence-electron chi connectivity index (χ3n) is 6.19. The highest BCUT2D eigenvalue weighted by Crippen LogP contribution is 2.43. The standard InChI is InChI=1S/C19H28O6/c1-11(2)18(21)25-16-8-19(6-5-13(16)20)10-22-17(9-23-19)12-3-4-14-15(7-12)24-14/h12-17,20H,1,3-10H2,2H3. The van der Waals surface area contributed by atoms with Crippen LogP contribution in [0.25, 0.3) is 0 Å². The zero-order valence-electron chi connectivity index (χ0n) is 14.8. The summed E-state index contributed by atoms with van der Waals surface area (Å²) in [5.74, 6) is 0.0456. The van der Waals surface area contributed by atoms with Crippen LogP contribution in [0, 0.1) is 5.92 Å². The summed E-state index contributed by atoms with van der Waals surface area (Å²) in [5.41, 5.74) is -0.117. The van der Waals surface area contributed by atoms with Crippen LogP contribution in [-0.2, 0) is 23.7 Å². The topological polar surface area (TPSA) is 77.5 Å². The van der Waals surface area contributed by atoms with E-state index >= 15 is 0 Å². The lowest BCUT2D eigenvalue weighted by Gasteiger charge is -2.47. The minimum atomic E-state index is -0.655. The van der Waals surface area contributed by atoms with Gasteiger partial charge in [0.25, 0.3) is 0 Å². The lowest BCUT2D eigenvalue weighted by atomic mass is 9.80. The average Bonchev–Trinajstić information content (AvgIpc) is 3.37. The molecule has 4 fully saturated rings. The molecule has 2 aliphatic heterocycles. The van der Waals surface area contributed by atoms with Gasteiger partial charge in [0.15, 0.2) is 0 Å². The van der Waals surface area contributed by atoms with Crippen LogP contribution in [0.2, 0.25) is 0 Å². The number of fused-ring (bicyclic) bond motifs is 1. The molecule has 1 N–H and O–H groups in total. The predicted octanol–water partition coefficient (Wildman–Crippen LogP) is 1.74. The SMILES string of the molecule is C=C(C)C(=O)OC1CC2(CCC1O)COC(C1CCC3OC3C1)CO2. The normalized spacial score (nSPS) is 46.3. The van der Waals surface area contributed by atoms with Gasteiger partial charge in [-0.05, 0) is 44.9 Å². The first-order valence-electron chi connectivity index (χ1n) is 9.41. The minimum absolute atomic E-state index is 0.124. The van der Waals surface area contributed by atoms with Gasteiger partial charge in [-0.25, -0.2) is 4.79 Å². The average molecular weight is 352 g/mol. The number of hydrogen-bond acceptors (Lipinski definition) is 6. The van der Waals surface area contributed by atoms with Crippen LogP contribution in [0.3, 0.4) is 0 Å². The van der Waals surface area contributed by atoms with Gasteiger partial charge in [0, 0.05) is 12.0 Å². The van der Waals surface area contributed by atoms with Crippen LogP contribution in [0.5, 0.6) is 0 Å². The van der Waals surface area contributed by atoms with Crippen LogP contribution in [-0.4, -0.2) is 60.4 Å². The summed E-state index contributed by atoms with van der Waals surface area (Å²) < 4.78 is 23.5. The molecule has 2 saturated carbocycles. The van der Waals surface area contributed by atoms with E-state index in [0.717, 1.165) is 25.7 Å². The number of epoxide rings is 1. The second-order valence-electron chi connectivity index (χ2n) is 8.16. The van der Waals surface area contributed by atoms with Gasteiger partial charge >= 0.3 is 5.97 Å². The fourth-order valence-electron chi connectivity index (χ4n) is 4.47. The first-order valence-corrected chi connectivity index (χ1v) is 9.41. The quantitative estimate of drug-likeness (QED) is 0.474.